The van der Waals surface area contributed by atoms with E-state index in [4.69, 9.17) is 15.2 Å². The summed E-state index contributed by atoms with van der Waals surface area (Å²) < 4.78 is 12.1. The van der Waals surface area contributed by atoms with E-state index in [9.17, 15) is 4.79 Å². The zero-order valence-electron chi connectivity index (χ0n) is 13.8. The van der Waals surface area contributed by atoms with Crippen LogP contribution < -0.4 is 20.5 Å². The van der Waals surface area contributed by atoms with Gasteiger partial charge in [-0.15, -0.1) is 12.4 Å². The summed E-state index contributed by atoms with van der Waals surface area (Å²) in [7, 11) is 0. The smallest absolute Gasteiger partial charge is 0.240 e. The molecule has 1 amide bonds. The van der Waals surface area contributed by atoms with E-state index >= 15 is 0 Å². The third-order valence-corrected chi connectivity index (χ3v) is 5.36. The lowest BCUT2D eigenvalue weighted by Gasteiger charge is -2.33. The molecule has 1 fully saturated rings. The van der Waals surface area contributed by atoms with Crippen molar-refractivity contribution in [3.63, 3.8) is 0 Å². The molecule has 1 aromatic carbocycles. The molecule has 1 saturated carbocycles. The van der Waals surface area contributed by atoms with Crippen LogP contribution in [0.2, 0.25) is 0 Å². The average Bonchev–Trinajstić information content (AvgIpc) is 2.54. The Balaban J connectivity index is 0.00000208. The van der Waals surface area contributed by atoms with Crippen molar-refractivity contribution < 1.29 is 14.3 Å². The highest BCUT2D eigenvalue weighted by Crippen LogP contribution is 2.38. The molecule has 134 valence electrons. The first-order valence-corrected chi connectivity index (χ1v) is 8.98. The maximum atomic E-state index is 12.6. The molecule has 3 N–H and O–H groups in total. The number of amides is 1. The first-order valence-electron chi connectivity index (χ1n) is 8.18. The molecule has 7 heteroatoms. The van der Waals surface area contributed by atoms with E-state index in [-0.39, 0.29) is 24.4 Å². The van der Waals surface area contributed by atoms with E-state index in [1.165, 1.54) is 0 Å². The number of hydrogen-bond acceptors (Lipinski definition) is 4. The van der Waals surface area contributed by atoms with Crippen LogP contribution in [-0.4, -0.2) is 24.7 Å². The van der Waals surface area contributed by atoms with E-state index in [2.05, 4.69) is 21.2 Å². The van der Waals surface area contributed by atoms with E-state index in [0.29, 0.717) is 13.2 Å². The highest BCUT2D eigenvalue weighted by atomic mass is 79.9. The van der Waals surface area contributed by atoms with Crippen LogP contribution in [0, 0.1) is 0 Å². The number of fused-ring (bicyclic) bond motifs is 1. The van der Waals surface area contributed by atoms with Gasteiger partial charge >= 0.3 is 0 Å². The summed E-state index contributed by atoms with van der Waals surface area (Å²) in [5.41, 5.74) is 6.54. The minimum Gasteiger partial charge on any atom is -0.486 e. The molecule has 3 rings (SSSR count). The number of carbonyl (C=O) groups is 1. The van der Waals surface area contributed by atoms with E-state index < -0.39 is 5.54 Å². The van der Waals surface area contributed by atoms with Gasteiger partial charge in [0.1, 0.15) is 13.2 Å². The monoisotopic (exact) mass is 418 g/mol. The Morgan fingerprint density at radius 2 is 1.79 bits per heavy atom. The number of nitrogens with one attached hydrogen (secondary N) is 1. The lowest BCUT2D eigenvalue weighted by Crippen LogP contribution is -2.55. The van der Waals surface area contributed by atoms with E-state index in [1.807, 2.05) is 19.1 Å². The third-order valence-electron chi connectivity index (χ3n) is 4.67. The van der Waals surface area contributed by atoms with Crippen molar-refractivity contribution in [2.75, 3.05) is 13.2 Å². The van der Waals surface area contributed by atoms with Crippen LogP contribution in [0.15, 0.2) is 16.6 Å². The summed E-state index contributed by atoms with van der Waals surface area (Å²) in [6, 6.07) is 3.66. The van der Waals surface area contributed by atoms with Crippen molar-refractivity contribution >= 4 is 34.2 Å². The number of benzene rings is 1. The summed E-state index contributed by atoms with van der Waals surface area (Å²) in [6.07, 6.45) is 4.72. The first-order chi connectivity index (χ1) is 11.0. The molecule has 1 aliphatic heterocycles. The summed E-state index contributed by atoms with van der Waals surface area (Å²) in [6.45, 7) is 3.06. The Labute approximate surface area is 157 Å². The molecule has 0 saturated heterocycles. The predicted octanol–water partition coefficient (Wildman–Crippen LogP) is 3.48. The van der Waals surface area contributed by atoms with Crippen LogP contribution in [0.1, 0.15) is 50.6 Å². The Morgan fingerprint density at radius 1 is 1.21 bits per heavy atom. The Morgan fingerprint density at radius 3 is 2.42 bits per heavy atom. The number of rotatable bonds is 3. The number of hydrogen-bond donors (Lipinski definition) is 2. The first kappa shape index (κ1) is 19.3. The maximum Gasteiger partial charge on any atom is 0.240 e. The fourth-order valence-corrected chi connectivity index (χ4v) is 3.91. The van der Waals surface area contributed by atoms with Crippen LogP contribution in [0.4, 0.5) is 0 Å². The molecule has 0 bridgehead atoms. The SMILES string of the molecule is CC(NC(=O)C1(N)CCCCC1)c1cc2c(cc1Br)OCCO2.Cl. The van der Waals surface area contributed by atoms with Gasteiger partial charge in [-0.2, -0.15) is 0 Å². The molecule has 1 aromatic rings. The molecule has 1 unspecified atom stereocenters. The number of carbonyl (C=O) groups excluding carboxylic acids is 1. The summed E-state index contributed by atoms with van der Waals surface area (Å²) in [4.78, 5) is 12.6. The lowest BCUT2D eigenvalue weighted by molar-refractivity contribution is -0.128. The standard InChI is InChI=1S/C17H23BrN2O3.ClH/c1-11(20-16(21)17(19)5-3-2-4-6-17)12-9-14-15(10-13(12)18)23-8-7-22-14;/h9-11H,2-8,19H2,1H3,(H,20,21);1H. The van der Waals surface area contributed by atoms with Gasteiger partial charge in [0.25, 0.3) is 0 Å². The van der Waals surface area contributed by atoms with Gasteiger partial charge in [0.2, 0.25) is 5.91 Å². The van der Waals surface area contributed by atoms with Gasteiger partial charge in [-0.05, 0) is 37.5 Å². The van der Waals surface area contributed by atoms with Gasteiger partial charge in [-0.3, -0.25) is 4.79 Å². The Hall–Kier alpha value is -0.980. The summed E-state index contributed by atoms with van der Waals surface area (Å²) >= 11 is 3.56. The van der Waals surface area contributed by atoms with Crippen molar-refractivity contribution in [1.29, 1.82) is 0 Å². The van der Waals surface area contributed by atoms with Crippen molar-refractivity contribution in [3.05, 3.63) is 22.2 Å². The van der Waals surface area contributed by atoms with E-state index in [1.54, 1.807) is 0 Å². The molecule has 0 spiro atoms. The molecule has 2 aliphatic rings. The van der Waals surface area contributed by atoms with Crippen LogP contribution >= 0.6 is 28.3 Å². The van der Waals surface area contributed by atoms with Gasteiger partial charge in [0.15, 0.2) is 11.5 Å². The molecular formula is C17H24BrClN2O3. The summed E-state index contributed by atoms with van der Waals surface area (Å²) in [5.74, 6) is 1.38. The molecule has 1 atom stereocenters. The van der Waals surface area contributed by atoms with Crippen molar-refractivity contribution in [2.45, 2.75) is 50.6 Å². The molecule has 5 nitrogen and oxygen atoms in total. The number of halogens is 2. The Bertz CT molecular complexity index is 606. The number of nitrogens with two attached hydrogens (primary N) is 1. The van der Waals surface area contributed by atoms with Gasteiger partial charge in [-0.1, -0.05) is 35.2 Å². The molecular weight excluding hydrogens is 396 g/mol. The van der Waals surface area contributed by atoms with Crippen LogP contribution in [0.3, 0.4) is 0 Å². The number of ether oxygens (including phenoxy) is 2. The third kappa shape index (κ3) is 3.98. The normalized spacial score (nSPS) is 19.8. The average molecular weight is 420 g/mol. The minimum atomic E-state index is -0.729. The van der Waals surface area contributed by atoms with Gasteiger partial charge < -0.3 is 20.5 Å². The van der Waals surface area contributed by atoms with Crippen molar-refractivity contribution in [3.8, 4) is 11.5 Å². The molecule has 0 radical (unpaired) electrons. The Kier molecular flexibility index (Phi) is 6.39. The summed E-state index contributed by atoms with van der Waals surface area (Å²) in [5, 5.41) is 3.06. The zero-order valence-corrected chi connectivity index (χ0v) is 16.2. The van der Waals surface area contributed by atoms with Gasteiger partial charge in [0.05, 0.1) is 11.6 Å². The quantitative estimate of drug-likeness (QED) is 0.786. The van der Waals surface area contributed by atoms with Gasteiger partial charge in [-0.25, -0.2) is 0 Å². The van der Waals surface area contributed by atoms with Crippen molar-refractivity contribution in [1.82, 2.24) is 5.32 Å². The van der Waals surface area contributed by atoms with Crippen molar-refractivity contribution in [2.24, 2.45) is 5.73 Å². The predicted molar refractivity (Wildman–Crippen MR) is 98.9 cm³/mol. The molecule has 24 heavy (non-hydrogen) atoms. The van der Waals surface area contributed by atoms with Crippen LogP contribution in [0.5, 0.6) is 11.5 Å². The fraction of sp³-hybridized carbons (Fsp3) is 0.588. The fourth-order valence-electron chi connectivity index (χ4n) is 3.24. The van der Waals surface area contributed by atoms with Crippen LogP contribution in [-0.2, 0) is 4.79 Å². The molecule has 1 aliphatic carbocycles. The molecule has 0 aromatic heterocycles. The second kappa shape index (κ2) is 7.93. The topological polar surface area (TPSA) is 73.6 Å². The van der Waals surface area contributed by atoms with E-state index in [0.717, 1.165) is 53.6 Å². The van der Waals surface area contributed by atoms with Gasteiger partial charge in [0, 0.05) is 4.47 Å². The second-order valence-electron chi connectivity index (χ2n) is 6.43. The maximum absolute atomic E-state index is 12.6. The second-order valence-corrected chi connectivity index (χ2v) is 7.28. The van der Waals surface area contributed by atoms with Crippen LogP contribution in [0.25, 0.3) is 0 Å². The lowest BCUT2D eigenvalue weighted by atomic mass is 9.81. The minimum absolute atomic E-state index is 0. The highest BCUT2D eigenvalue weighted by molar-refractivity contribution is 9.10. The molecule has 1 heterocycles. The largest absolute Gasteiger partial charge is 0.486 e. The zero-order chi connectivity index (χ0) is 16.4. The highest BCUT2D eigenvalue weighted by Gasteiger charge is 2.36.